The molecule has 0 saturated carbocycles. The molecule has 0 radical (unpaired) electrons. The summed E-state index contributed by atoms with van der Waals surface area (Å²) < 4.78 is 4.09. The number of aryl methyl sites for hydroxylation is 1. The maximum absolute atomic E-state index is 5.91. The predicted octanol–water partition coefficient (Wildman–Crippen LogP) is 2.58. The van der Waals surface area contributed by atoms with Gasteiger partial charge in [-0.15, -0.1) is 11.6 Å². The molecule has 2 nitrogen and oxygen atoms in total. The minimum atomic E-state index is 0.127. The van der Waals surface area contributed by atoms with Crippen molar-refractivity contribution < 1.29 is 0 Å². The maximum atomic E-state index is 5.91. The Labute approximate surface area is 75.8 Å². The second kappa shape index (κ2) is 3.50. The standard InChI is InChI=1S/C7H11ClN2S/c1-4(5(2)8)7-9-6(3)10-11-7/h4-5H,1-3H3. The van der Waals surface area contributed by atoms with Gasteiger partial charge in [0, 0.05) is 11.3 Å². The van der Waals surface area contributed by atoms with Crippen LogP contribution >= 0.6 is 23.1 Å². The topological polar surface area (TPSA) is 25.8 Å². The highest BCUT2D eigenvalue weighted by molar-refractivity contribution is 7.05. The van der Waals surface area contributed by atoms with Gasteiger partial charge >= 0.3 is 0 Å². The predicted molar refractivity (Wildman–Crippen MR) is 48.4 cm³/mol. The van der Waals surface area contributed by atoms with E-state index < -0.39 is 0 Å². The van der Waals surface area contributed by atoms with Crippen LogP contribution in [0.5, 0.6) is 0 Å². The van der Waals surface area contributed by atoms with Crippen molar-refractivity contribution in [2.75, 3.05) is 0 Å². The van der Waals surface area contributed by atoms with Crippen LogP contribution in [0.2, 0.25) is 0 Å². The molecule has 1 heterocycles. The Morgan fingerprint density at radius 2 is 2.09 bits per heavy atom. The number of aromatic nitrogens is 2. The molecule has 0 amide bonds. The zero-order chi connectivity index (χ0) is 8.43. The first-order valence-electron chi connectivity index (χ1n) is 3.55. The normalized spacial score (nSPS) is 16.4. The summed E-state index contributed by atoms with van der Waals surface area (Å²) in [5.41, 5.74) is 0. The molecule has 0 saturated heterocycles. The zero-order valence-electron chi connectivity index (χ0n) is 6.84. The molecule has 1 aromatic heterocycles. The monoisotopic (exact) mass is 190 g/mol. The van der Waals surface area contributed by atoms with Crippen molar-refractivity contribution in [1.29, 1.82) is 0 Å². The van der Waals surface area contributed by atoms with Crippen LogP contribution in [0.25, 0.3) is 0 Å². The molecule has 0 bridgehead atoms. The first kappa shape index (κ1) is 8.94. The van der Waals surface area contributed by atoms with Crippen molar-refractivity contribution in [3.8, 4) is 0 Å². The Bertz CT molecular complexity index is 234. The number of hydrogen-bond acceptors (Lipinski definition) is 3. The average molecular weight is 191 g/mol. The van der Waals surface area contributed by atoms with Gasteiger partial charge in [-0.1, -0.05) is 6.92 Å². The van der Waals surface area contributed by atoms with Gasteiger partial charge in [-0.25, -0.2) is 4.98 Å². The molecule has 0 aliphatic heterocycles. The van der Waals surface area contributed by atoms with Crippen molar-refractivity contribution in [3.05, 3.63) is 10.8 Å². The molecule has 2 unspecified atom stereocenters. The lowest BCUT2D eigenvalue weighted by Gasteiger charge is -2.08. The molecule has 0 spiro atoms. The minimum absolute atomic E-state index is 0.127. The third-order valence-corrected chi connectivity index (χ3v) is 3.01. The van der Waals surface area contributed by atoms with Crippen LogP contribution in [0, 0.1) is 6.92 Å². The van der Waals surface area contributed by atoms with E-state index in [0.29, 0.717) is 5.92 Å². The van der Waals surface area contributed by atoms with Crippen molar-refractivity contribution in [2.24, 2.45) is 0 Å². The smallest absolute Gasteiger partial charge is 0.139 e. The highest BCUT2D eigenvalue weighted by atomic mass is 35.5. The van der Waals surface area contributed by atoms with E-state index in [9.17, 15) is 0 Å². The van der Waals surface area contributed by atoms with Gasteiger partial charge in [-0.3, -0.25) is 0 Å². The Hall–Kier alpha value is -0.150. The van der Waals surface area contributed by atoms with E-state index in [-0.39, 0.29) is 5.38 Å². The fourth-order valence-corrected chi connectivity index (χ4v) is 1.70. The molecule has 0 fully saturated rings. The van der Waals surface area contributed by atoms with Crippen LogP contribution in [0.3, 0.4) is 0 Å². The van der Waals surface area contributed by atoms with Gasteiger partial charge in [0.15, 0.2) is 0 Å². The fourth-order valence-electron chi connectivity index (χ4n) is 0.695. The highest BCUT2D eigenvalue weighted by Gasteiger charge is 2.15. The van der Waals surface area contributed by atoms with Gasteiger partial charge in [0.1, 0.15) is 10.8 Å². The molecule has 11 heavy (non-hydrogen) atoms. The lowest BCUT2D eigenvalue weighted by Crippen LogP contribution is -2.04. The first-order chi connectivity index (χ1) is 5.11. The molecular formula is C7H11ClN2S. The number of hydrogen-bond donors (Lipinski definition) is 0. The molecule has 1 aromatic rings. The second-order valence-corrected chi connectivity index (χ2v) is 4.12. The molecule has 62 valence electrons. The molecule has 2 atom stereocenters. The quantitative estimate of drug-likeness (QED) is 0.670. The average Bonchev–Trinajstić information content (AvgIpc) is 2.34. The van der Waals surface area contributed by atoms with E-state index in [4.69, 9.17) is 11.6 Å². The Kier molecular flexibility index (Phi) is 2.84. The van der Waals surface area contributed by atoms with Gasteiger partial charge in [0.2, 0.25) is 0 Å². The van der Waals surface area contributed by atoms with Gasteiger partial charge in [-0.2, -0.15) is 4.37 Å². The van der Waals surface area contributed by atoms with Gasteiger partial charge in [-0.05, 0) is 25.4 Å². The lowest BCUT2D eigenvalue weighted by molar-refractivity contribution is 0.732. The molecular weight excluding hydrogens is 180 g/mol. The molecule has 0 aliphatic carbocycles. The largest absolute Gasteiger partial charge is 0.225 e. The van der Waals surface area contributed by atoms with Crippen molar-refractivity contribution in [1.82, 2.24) is 9.36 Å². The summed E-state index contributed by atoms with van der Waals surface area (Å²) in [4.78, 5) is 4.25. The molecule has 0 aromatic carbocycles. The summed E-state index contributed by atoms with van der Waals surface area (Å²) in [6.07, 6.45) is 0. The fraction of sp³-hybridized carbons (Fsp3) is 0.714. The van der Waals surface area contributed by atoms with Crippen LogP contribution in [0.4, 0.5) is 0 Å². The molecule has 0 aliphatic rings. The minimum Gasteiger partial charge on any atom is -0.225 e. The Morgan fingerprint density at radius 1 is 1.45 bits per heavy atom. The Morgan fingerprint density at radius 3 is 2.45 bits per heavy atom. The van der Waals surface area contributed by atoms with E-state index in [0.717, 1.165) is 10.8 Å². The molecule has 1 rings (SSSR count). The van der Waals surface area contributed by atoms with Crippen molar-refractivity contribution >= 4 is 23.1 Å². The van der Waals surface area contributed by atoms with Crippen LogP contribution in [-0.4, -0.2) is 14.7 Å². The number of alkyl halides is 1. The zero-order valence-corrected chi connectivity index (χ0v) is 8.41. The van der Waals surface area contributed by atoms with Crippen molar-refractivity contribution in [3.63, 3.8) is 0 Å². The number of nitrogens with zero attached hydrogens (tertiary/aromatic N) is 2. The summed E-state index contributed by atoms with van der Waals surface area (Å²) in [6, 6.07) is 0. The van der Waals surface area contributed by atoms with E-state index in [1.54, 1.807) is 0 Å². The summed E-state index contributed by atoms with van der Waals surface area (Å²) >= 11 is 7.35. The van der Waals surface area contributed by atoms with Crippen LogP contribution in [-0.2, 0) is 0 Å². The van der Waals surface area contributed by atoms with E-state index in [2.05, 4.69) is 16.3 Å². The third-order valence-electron chi connectivity index (χ3n) is 1.62. The number of halogens is 1. The summed E-state index contributed by atoms with van der Waals surface area (Å²) in [5, 5.41) is 1.16. The Balaban J connectivity index is 2.76. The number of rotatable bonds is 2. The van der Waals surface area contributed by atoms with Gasteiger partial charge in [0.05, 0.1) is 0 Å². The first-order valence-corrected chi connectivity index (χ1v) is 4.76. The molecule has 0 N–H and O–H groups in total. The lowest BCUT2D eigenvalue weighted by atomic mass is 10.1. The SMILES string of the molecule is Cc1nsc(C(C)C(C)Cl)n1. The van der Waals surface area contributed by atoms with E-state index in [1.165, 1.54) is 11.5 Å². The highest BCUT2D eigenvalue weighted by Crippen LogP contribution is 2.23. The van der Waals surface area contributed by atoms with E-state index in [1.807, 2.05) is 13.8 Å². The van der Waals surface area contributed by atoms with Crippen LogP contribution < -0.4 is 0 Å². The summed E-state index contributed by atoms with van der Waals surface area (Å²) in [5.74, 6) is 1.15. The van der Waals surface area contributed by atoms with Crippen LogP contribution in [0.1, 0.15) is 30.6 Å². The second-order valence-electron chi connectivity index (χ2n) is 2.65. The molecule has 4 heteroatoms. The van der Waals surface area contributed by atoms with Crippen LogP contribution in [0.15, 0.2) is 0 Å². The van der Waals surface area contributed by atoms with Crippen molar-refractivity contribution in [2.45, 2.75) is 32.1 Å². The maximum Gasteiger partial charge on any atom is 0.139 e. The summed E-state index contributed by atoms with van der Waals surface area (Å²) in [7, 11) is 0. The summed E-state index contributed by atoms with van der Waals surface area (Å²) in [6.45, 7) is 5.94. The van der Waals surface area contributed by atoms with Gasteiger partial charge < -0.3 is 0 Å². The van der Waals surface area contributed by atoms with E-state index >= 15 is 0 Å². The third kappa shape index (κ3) is 2.14. The van der Waals surface area contributed by atoms with Gasteiger partial charge in [0.25, 0.3) is 0 Å².